The molecule has 23 heavy (non-hydrogen) atoms. The first kappa shape index (κ1) is 22.8. The molecule has 0 atom stereocenters. The van der Waals surface area contributed by atoms with Crippen LogP contribution < -0.4 is 5.73 Å². The van der Waals surface area contributed by atoms with Gasteiger partial charge in [-0.15, -0.1) is 0 Å². The molecule has 1 amide bonds. The van der Waals surface area contributed by atoms with Crippen molar-refractivity contribution in [2.45, 2.75) is 26.7 Å². The molecule has 0 spiro atoms. The Labute approximate surface area is 139 Å². The fraction of sp³-hybridized carbons (Fsp3) is 0.263. The zero-order valence-corrected chi connectivity index (χ0v) is 14.1. The van der Waals surface area contributed by atoms with E-state index in [1.807, 2.05) is 50.2 Å². The molecule has 2 aromatic rings. The van der Waals surface area contributed by atoms with E-state index in [1.54, 1.807) is 24.3 Å². The highest BCUT2D eigenvalue weighted by molar-refractivity contribution is 5.92. The number of benzene rings is 2. The van der Waals surface area contributed by atoms with Gasteiger partial charge in [-0.25, -0.2) is 0 Å². The highest BCUT2D eigenvalue weighted by Gasteiger charge is 1.93. The molecule has 2 aromatic carbocycles. The number of aryl methyl sites for hydroxylation is 1. The van der Waals surface area contributed by atoms with E-state index < -0.39 is 0 Å². The Morgan fingerprint density at radius 3 is 1.74 bits per heavy atom. The molecule has 0 heterocycles. The summed E-state index contributed by atoms with van der Waals surface area (Å²) in [5.41, 5.74) is 6.76. The number of carbonyl (C=O) groups excluding carboxylic acids is 2. The molecule has 126 valence electrons. The van der Waals surface area contributed by atoms with Gasteiger partial charge in [0.2, 0.25) is 5.91 Å². The molecule has 0 aliphatic heterocycles. The molecule has 0 fully saturated rings. The van der Waals surface area contributed by atoms with E-state index in [-0.39, 0.29) is 5.91 Å². The highest BCUT2D eigenvalue weighted by Crippen LogP contribution is 2.00. The molecule has 4 nitrogen and oxygen atoms in total. The largest absolute Gasteiger partial charge is 0.400 e. The van der Waals surface area contributed by atoms with Crippen molar-refractivity contribution < 1.29 is 14.7 Å². The fourth-order valence-electron chi connectivity index (χ4n) is 1.47. The first-order valence-corrected chi connectivity index (χ1v) is 7.51. The van der Waals surface area contributed by atoms with Crippen molar-refractivity contribution in [3.63, 3.8) is 0 Å². The lowest BCUT2D eigenvalue weighted by atomic mass is 10.1. The Morgan fingerprint density at radius 2 is 1.39 bits per heavy atom. The van der Waals surface area contributed by atoms with Crippen LogP contribution in [0.25, 0.3) is 0 Å². The lowest BCUT2D eigenvalue weighted by Crippen LogP contribution is -2.09. The lowest BCUT2D eigenvalue weighted by Gasteiger charge is -1.93. The van der Waals surface area contributed by atoms with Gasteiger partial charge < -0.3 is 15.6 Å². The molecule has 0 aromatic heterocycles. The summed E-state index contributed by atoms with van der Waals surface area (Å²) in [5, 5.41) is 7.00. The second kappa shape index (κ2) is 17.6. The maximum atomic E-state index is 10.4. The van der Waals surface area contributed by atoms with Crippen molar-refractivity contribution in [3.05, 3.63) is 71.8 Å². The van der Waals surface area contributed by atoms with Gasteiger partial charge in [0.15, 0.2) is 0 Å². The molecule has 3 N–H and O–H groups in total. The average molecular weight is 317 g/mol. The van der Waals surface area contributed by atoms with Crippen LogP contribution in [0.3, 0.4) is 0 Å². The van der Waals surface area contributed by atoms with Gasteiger partial charge in [0.25, 0.3) is 0 Å². The number of aliphatic hydroxyl groups excluding tert-OH is 1. The summed E-state index contributed by atoms with van der Waals surface area (Å²) < 4.78 is 0. The van der Waals surface area contributed by atoms with Gasteiger partial charge in [-0.05, 0) is 24.1 Å². The smallest absolute Gasteiger partial charge is 0.248 e. The summed E-state index contributed by atoms with van der Waals surface area (Å²) in [7, 11) is 1.00. The number of hydrogen-bond acceptors (Lipinski definition) is 3. The van der Waals surface area contributed by atoms with Gasteiger partial charge in [0, 0.05) is 19.1 Å². The van der Waals surface area contributed by atoms with Crippen molar-refractivity contribution in [1.82, 2.24) is 0 Å². The van der Waals surface area contributed by atoms with E-state index in [0.29, 0.717) is 12.0 Å². The molecule has 0 aliphatic rings. The minimum atomic E-state index is -0.379. The summed E-state index contributed by atoms with van der Waals surface area (Å²) in [6, 6.07) is 18.8. The maximum absolute atomic E-state index is 10.4. The zero-order chi connectivity index (χ0) is 17.9. The van der Waals surface area contributed by atoms with Crippen LogP contribution >= 0.6 is 0 Å². The third-order valence-electron chi connectivity index (χ3n) is 2.45. The first-order valence-electron chi connectivity index (χ1n) is 7.51. The quantitative estimate of drug-likeness (QED) is 0.849. The van der Waals surface area contributed by atoms with Crippen molar-refractivity contribution in [1.29, 1.82) is 0 Å². The van der Waals surface area contributed by atoms with Gasteiger partial charge in [-0.2, -0.15) is 0 Å². The van der Waals surface area contributed by atoms with Crippen LogP contribution in [0, 0.1) is 0 Å². The Balaban J connectivity index is 0. The van der Waals surface area contributed by atoms with E-state index in [1.165, 1.54) is 5.56 Å². The average Bonchev–Trinajstić information content (AvgIpc) is 2.65. The minimum absolute atomic E-state index is 0.379. The number of primary amides is 1. The molecule has 0 aliphatic carbocycles. The van der Waals surface area contributed by atoms with Crippen molar-refractivity contribution >= 4 is 12.2 Å². The summed E-state index contributed by atoms with van der Waals surface area (Å²) in [5.74, 6) is -0.379. The van der Waals surface area contributed by atoms with Crippen molar-refractivity contribution in [3.8, 4) is 0 Å². The number of amides is 1. The molecule has 0 unspecified atom stereocenters. The standard InChI is InChI=1S/C9H10O.C7H7NO.C2H6.CH4O/c10-8-4-7-9-5-2-1-3-6-9;8-7(9)6-4-2-1-3-5-6;2*1-2/h1-3,5-6,8H,4,7H2;1-5H,(H2,8,9);1-2H3;2H,1H3. The number of aliphatic hydroxyl groups is 1. The van der Waals surface area contributed by atoms with Crippen molar-refractivity contribution in [2.75, 3.05) is 7.11 Å². The molecular weight excluding hydrogens is 290 g/mol. The Hall–Kier alpha value is -2.46. The predicted molar refractivity (Wildman–Crippen MR) is 95.3 cm³/mol. The summed E-state index contributed by atoms with van der Waals surface area (Å²) in [6.45, 7) is 4.00. The van der Waals surface area contributed by atoms with E-state index >= 15 is 0 Å². The number of aldehydes is 1. The monoisotopic (exact) mass is 317 g/mol. The second-order valence-corrected chi connectivity index (χ2v) is 3.92. The van der Waals surface area contributed by atoms with E-state index in [4.69, 9.17) is 10.8 Å². The number of hydrogen-bond donors (Lipinski definition) is 2. The third kappa shape index (κ3) is 13.0. The first-order chi connectivity index (χ1) is 11.2. The Bertz CT molecular complexity index is 499. The molecule has 0 saturated carbocycles. The third-order valence-corrected chi connectivity index (χ3v) is 2.45. The highest BCUT2D eigenvalue weighted by atomic mass is 16.2. The Morgan fingerprint density at radius 1 is 0.957 bits per heavy atom. The summed E-state index contributed by atoms with van der Waals surface area (Å²) in [6.07, 6.45) is 2.45. The molecular formula is C19H27NO3. The SMILES string of the molecule is CC.CO.NC(=O)c1ccccc1.O=CCCc1ccccc1. The van der Waals surface area contributed by atoms with Gasteiger partial charge in [-0.3, -0.25) is 4.79 Å². The van der Waals surface area contributed by atoms with Gasteiger partial charge in [-0.1, -0.05) is 62.4 Å². The van der Waals surface area contributed by atoms with Gasteiger partial charge in [0.05, 0.1) is 0 Å². The fourth-order valence-corrected chi connectivity index (χ4v) is 1.47. The lowest BCUT2D eigenvalue weighted by molar-refractivity contribution is -0.107. The van der Waals surface area contributed by atoms with Gasteiger partial charge in [0.1, 0.15) is 6.29 Å². The van der Waals surface area contributed by atoms with Crippen LogP contribution in [-0.2, 0) is 11.2 Å². The Kier molecular flexibility index (Phi) is 17.5. The number of nitrogens with two attached hydrogens (primary N) is 1. The summed E-state index contributed by atoms with van der Waals surface area (Å²) >= 11 is 0. The second-order valence-electron chi connectivity index (χ2n) is 3.92. The normalized spacial score (nSPS) is 8.00. The van der Waals surface area contributed by atoms with Crippen LogP contribution in [0.4, 0.5) is 0 Å². The van der Waals surface area contributed by atoms with Crippen molar-refractivity contribution in [2.24, 2.45) is 5.73 Å². The predicted octanol–water partition coefficient (Wildman–Crippen LogP) is 3.24. The van der Waals surface area contributed by atoms with E-state index in [0.717, 1.165) is 19.8 Å². The zero-order valence-electron chi connectivity index (χ0n) is 14.1. The van der Waals surface area contributed by atoms with Gasteiger partial charge >= 0.3 is 0 Å². The minimum Gasteiger partial charge on any atom is -0.400 e. The molecule has 0 bridgehead atoms. The molecule has 2 rings (SSSR count). The van der Waals surface area contributed by atoms with Crippen LogP contribution in [0.5, 0.6) is 0 Å². The number of rotatable bonds is 4. The van der Waals surface area contributed by atoms with Crippen LogP contribution in [0.2, 0.25) is 0 Å². The topological polar surface area (TPSA) is 80.4 Å². The van der Waals surface area contributed by atoms with E-state index in [9.17, 15) is 9.59 Å². The molecule has 4 heteroatoms. The summed E-state index contributed by atoms with van der Waals surface area (Å²) in [4.78, 5) is 20.4. The number of carbonyl (C=O) groups is 2. The van der Waals surface area contributed by atoms with Crippen LogP contribution in [-0.4, -0.2) is 24.4 Å². The molecule has 0 radical (unpaired) electrons. The molecule has 0 saturated heterocycles. The maximum Gasteiger partial charge on any atom is 0.248 e. The van der Waals surface area contributed by atoms with Crippen LogP contribution in [0.1, 0.15) is 36.2 Å². The van der Waals surface area contributed by atoms with E-state index in [2.05, 4.69) is 0 Å². The van der Waals surface area contributed by atoms with Crippen LogP contribution in [0.15, 0.2) is 60.7 Å².